The van der Waals surface area contributed by atoms with Crippen LogP contribution in [-0.2, 0) is 6.42 Å². The molecule has 1 fully saturated rings. The SMILES string of the molecule is CCOc1ccc(C(C#N)Cc2c[nH]c3cc(N4CCN(C(=O)O)CC4)ccc23)cc1. The van der Waals surface area contributed by atoms with Crippen LogP contribution in [0.4, 0.5) is 10.5 Å². The fourth-order valence-electron chi connectivity index (χ4n) is 4.12. The van der Waals surface area contributed by atoms with Crippen molar-refractivity contribution in [1.29, 1.82) is 5.26 Å². The van der Waals surface area contributed by atoms with E-state index in [4.69, 9.17) is 9.84 Å². The van der Waals surface area contributed by atoms with E-state index in [0.29, 0.717) is 39.2 Å². The Kier molecular flexibility index (Phi) is 5.99. The molecule has 1 aliphatic rings. The number of aromatic nitrogens is 1. The maximum absolute atomic E-state index is 11.1. The number of hydrogen-bond donors (Lipinski definition) is 2. The molecule has 160 valence electrons. The molecule has 0 radical (unpaired) electrons. The molecular formula is C24H26N4O3. The molecule has 0 saturated carbocycles. The van der Waals surface area contributed by atoms with E-state index in [9.17, 15) is 10.1 Å². The largest absolute Gasteiger partial charge is 0.494 e. The zero-order valence-corrected chi connectivity index (χ0v) is 17.5. The van der Waals surface area contributed by atoms with Crippen molar-refractivity contribution < 1.29 is 14.6 Å². The monoisotopic (exact) mass is 418 g/mol. The summed E-state index contributed by atoms with van der Waals surface area (Å²) in [5.74, 6) is 0.574. The summed E-state index contributed by atoms with van der Waals surface area (Å²) in [4.78, 5) is 18.1. The topological polar surface area (TPSA) is 92.6 Å². The number of nitriles is 1. The van der Waals surface area contributed by atoms with E-state index >= 15 is 0 Å². The Labute approximate surface area is 181 Å². The van der Waals surface area contributed by atoms with Gasteiger partial charge in [-0.05, 0) is 48.7 Å². The molecule has 1 amide bonds. The lowest BCUT2D eigenvalue weighted by Gasteiger charge is -2.34. The summed E-state index contributed by atoms with van der Waals surface area (Å²) in [6.45, 7) is 4.95. The molecule has 3 aromatic rings. The second-order valence-corrected chi connectivity index (χ2v) is 7.69. The van der Waals surface area contributed by atoms with Crippen molar-refractivity contribution in [2.24, 2.45) is 0 Å². The van der Waals surface area contributed by atoms with Crippen molar-refractivity contribution in [2.75, 3.05) is 37.7 Å². The summed E-state index contributed by atoms with van der Waals surface area (Å²) in [6, 6.07) is 16.5. The molecule has 1 aliphatic heterocycles. The van der Waals surface area contributed by atoms with Gasteiger partial charge in [-0.25, -0.2) is 4.79 Å². The van der Waals surface area contributed by atoms with Gasteiger partial charge in [-0.2, -0.15) is 5.26 Å². The number of ether oxygens (including phenoxy) is 1. The van der Waals surface area contributed by atoms with Gasteiger partial charge in [0.25, 0.3) is 0 Å². The first kappa shape index (κ1) is 20.6. The first-order chi connectivity index (χ1) is 15.1. The number of H-pyrrole nitrogens is 1. The average Bonchev–Trinajstić information content (AvgIpc) is 3.20. The van der Waals surface area contributed by atoms with Gasteiger partial charge in [-0.3, -0.25) is 0 Å². The quantitative estimate of drug-likeness (QED) is 0.625. The lowest BCUT2D eigenvalue weighted by molar-refractivity contribution is 0.142. The Morgan fingerprint density at radius 2 is 1.94 bits per heavy atom. The first-order valence-electron chi connectivity index (χ1n) is 10.5. The lowest BCUT2D eigenvalue weighted by Crippen LogP contribution is -2.48. The van der Waals surface area contributed by atoms with Gasteiger partial charge in [-0.1, -0.05) is 18.2 Å². The molecule has 1 atom stereocenters. The summed E-state index contributed by atoms with van der Waals surface area (Å²) in [5.41, 5.74) is 4.19. The van der Waals surface area contributed by atoms with Gasteiger partial charge in [0, 0.05) is 49.0 Å². The third kappa shape index (κ3) is 4.43. The molecule has 7 nitrogen and oxygen atoms in total. The highest BCUT2D eigenvalue weighted by atomic mass is 16.5. The number of hydrogen-bond acceptors (Lipinski definition) is 4. The molecule has 1 saturated heterocycles. The number of fused-ring (bicyclic) bond motifs is 1. The van der Waals surface area contributed by atoms with Gasteiger partial charge >= 0.3 is 6.09 Å². The first-order valence-corrected chi connectivity index (χ1v) is 10.5. The number of nitrogens with zero attached hydrogens (tertiary/aromatic N) is 3. The number of rotatable bonds is 6. The molecule has 0 spiro atoms. The van der Waals surface area contributed by atoms with Crippen LogP contribution >= 0.6 is 0 Å². The number of carbonyl (C=O) groups is 1. The third-order valence-corrected chi connectivity index (χ3v) is 5.84. The maximum Gasteiger partial charge on any atom is 0.407 e. The van der Waals surface area contributed by atoms with E-state index in [1.807, 2.05) is 37.4 Å². The Morgan fingerprint density at radius 3 is 2.58 bits per heavy atom. The van der Waals surface area contributed by atoms with Crippen molar-refractivity contribution in [3.8, 4) is 11.8 Å². The van der Waals surface area contributed by atoms with Gasteiger partial charge in [-0.15, -0.1) is 0 Å². The van der Waals surface area contributed by atoms with E-state index in [0.717, 1.165) is 33.5 Å². The normalized spacial score (nSPS) is 15.0. The van der Waals surface area contributed by atoms with Crippen molar-refractivity contribution >= 4 is 22.7 Å². The van der Waals surface area contributed by atoms with E-state index < -0.39 is 6.09 Å². The standard InChI is InChI=1S/C24H26N4O3/c1-2-31-21-6-3-17(4-7-21)18(15-25)13-19-16-26-23-14-20(5-8-22(19)23)27-9-11-28(12-10-27)24(29)30/h3-8,14,16,18,26H,2,9-13H2,1H3,(H,29,30). The second-order valence-electron chi connectivity index (χ2n) is 7.69. The number of carboxylic acid groups (broad SMARTS) is 1. The molecule has 1 unspecified atom stereocenters. The molecule has 2 heterocycles. The van der Waals surface area contributed by atoms with Crippen LogP contribution in [0.1, 0.15) is 24.0 Å². The van der Waals surface area contributed by atoms with Gasteiger partial charge in [0.2, 0.25) is 0 Å². The van der Waals surface area contributed by atoms with E-state index in [1.165, 1.54) is 4.90 Å². The summed E-state index contributed by atoms with van der Waals surface area (Å²) in [6.07, 6.45) is 1.75. The molecular weight excluding hydrogens is 392 g/mol. The highest BCUT2D eigenvalue weighted by Gasteiger charge is 2.21. The summed E-state index contributed by atoms with van der Waals surface area (Å²) >= 11 is 0. The molecule has 31 heavy (non-hydrogen) atoms. The molecule has 0 aliphatic carbocycles. The molecule has 0 bridgehead atoms. The van der Waals surface area contributed by atoms with Gasteiger partial charge in [0.05, 0.1) is 18.6 Å². The predicted molar refractivity (Wildman–Crippen MR) is 120 cm³/mol. The van der Waals surface area contributed by atoms with Crippen LogP contribution in [0.2, 0.25) is 0 Å². The highest BCUT2D eigenvalue weighted by molar-refractivity contribution is 5.86. The van der Waals surface area contributed by atoms with Gasteiger partial charge in [0.1, 0.15) is 5.75 Å². The Bertz CT molecular complexity index is 1090. The minimum Gasteiger partial charge on any atom is -0.494 e. The predicted octanol–water partition coefficient (Wildman–Crippen LogP) is 4.22. The minimum absolute atomic E-state index is 0.238. The van der Waals surface area contributed by atoms with E-state index in [1.54, 1.807) is 0 Å². The average molecular weight is 418 g/mol. The zero-order chi connectivity index (χ0) is 21.8. The number of anilines is 1. The smallest absolute Gasteiger partial charge is 0.407 e. The van der Waals surface area contributed by atoms with E-state index in [-0.39, 0.29) is 5.92 Å². The fourth-order valence-corrected chi connectivity index (χ4v) is 4.12. The fraction of sp³-hybridized carbons (Fsp3) is 0.333. The summed E-state index contributed by atoms with van der Waals surface area (Å²) < 4.78 is 5.49. The summed E-state index contributed by atoms with van der Waals surface area (Å²) in [7, 11) is 0. The number of nitrogens with one attached hydrogen (secondary N) is 1. The molecule has 4 rings (SSSR count). The second kappa shape index (κ2) is 9.00. The maximum atomic E-state index is 11.1. The van der Waals surface area contributed by atoms with E-state index in [2.05, 4.69) is 34.2 Å². The molecule has 2 aromatic carbocycles. The van der Waals surface area contributed by atoms with Crippen LogP contribution in [0.25, 0.3) is 10.9 Å². The third-order valence-electron chi connectivity index (χ3n) is 5.84. The Balaban J connectivity index is 1.49. The van der Waals surface area contributed by atoms with Crippen molar-refractivity contribution in [3.05, 3.63) is 59.8 Å². The van der Waals surface area contributed by atoms with Crippen LogP contribution in [-0.4, -0.2) is 53.9 Å². The number of benzene rings is 2. The number of aromatic amines is 1. The Morgan fingerprint density at radius 1 is 1.19 bits per heavy atom. The zero-order valence-electron chi connectivity index (χ0n) is 17.5. The number of piperazine rings is 1. The van der Waals surface area contributed by atoms with Crippen LogP contribution in [0.5, 0.6) is 5.75 Å². The van der Waals surface area contributed by atoms with Gasteiger partial charge < -0.3 is 24.6 Å². The van der Waals surface area contributed by atoms with Crippen molar-refractivity contribution in [2.45, 2.75) is 19.3 Å². The lowest BCUT2D eigenvalue weighted by atomic mass is 9.93. The molecule has 7 heteroatoms. The highest BCUT2D eigenvalue weighted by Crippen LogP contribution is 2.29. The minimum atomic E-state index is -0.858. The molecule has 1 aromatic heterocycles. The molecule has 2 N–H and O–H groups in total. The summed E-state index contributed by atoms with van der Waals surface area (Å²) in [5, 5.41) is 20.0. The van der Waals surface area contributed by atoms with Crippen LogP contribution < -0.4 is 9.64 Å². The van der Waals surface area contributed by atoms with Crippen LogP contribution in [0, 0.1) is 11.3 Å². The van der Waals surface area contributed by atoms with Gasteiger partial charge in [0.15, 0.2) is 0 Å². The van der Waals surface area contributed by atoms with Crippen LogP contribution in [0.15, 0.2) is 48.7 Å². The Hall–Kier alpha value is -3.66. The van der Waals surface area contributed by atoms with Crippen LogP contribution in [0.3, 0.4) is 0 Å². The number of amides is 1. The van der Waals surface area contributed by atoms with Crippen molar-refractivity contribution in [3.63, 3.8) is 0 Å². The van der Waals surface area contributed by atoms with Crippen molar-refractivity contribution in [1.82, 2.24) is 9.88 Å².